The zero-order valence-corrected chi connectivity index (χ0v) is 17.0. The molecule has 0 aliphatic heterocycles. The minimum absolute atomic E-state index is 0.0791. The van der Waals surface area contributed by atoms with E-state index in [0.29, 0.717) is 5.76 Å². The third-order valence-corrected chi connectivity index (χ3v) is 5.91. The van der Waals surface area contributed by atoms with E-state index in [9.17, 15) is 18.0 Å². The summed E-state index contributed by atoms with van der Waals surface area (Å²) in [5, 5.41) is 2.65. The Morgan fingerprint density at radius 1 is 1.28 bits per heavy atom. The summed E-state index contributed by atoms with van der Waals surface area (Å²) in [6.45, 7) is 0.0274. The maximum atomic E-state index is 12.7. The van der Waals surface area contributed by atoms with Gasteiger partial charge in [-0.2, -0.15) is 0 Å². The third-order valence-electron chi connectivity index (χ3n) is 4.37. The number of likely N-dealkylation sites (N-methyl/N-ethyl adjacent to an activating group) is 1. The molecule has 3 rings (SSSR count). The molecule has 29 heavy (non-hydrogen) atoms. The van der Waals surface area contributed by atoms with Crippen LogP contribution < -0.4 is 14.8 Å². The third kappa shape index (κ3) is 5.36. The van der Waals surface area contributed by atoms with Crippen LogP contribution in [0.4, 0.5) is 0 Å². The Bertz CT molecular complexity index is 983. The lowest BCUT2D eigenvalue weighted by Gasteiger charge is -2.18. The molecule has 0 bridgehead atoms. The van der Waals surface area contributed by atoms with Crippen molar-refractivity contribution in [2.45, 2.75) is 30.3 Å². The number of nitrogens with zero attached hydrogens (tertiary/aromatic N) is 1. The zero-order valence-electron chi connectivity index (χ0n) is 16.2. The fourth-order valence-corrected chi connectivity index (χ4v) is 4.17. The Morgan fingerprint density at radius 3 is 2.66 bits per heavy atom. The molecule has 2 aromatic rings. The van der Waals surface area contributed by atoms with Crippen LogP contribution in [0.25, 0.3) is 0 Å². The number of nitrogens with one attached hydrogen (secondary N) is 2. The number of carbonyl (C=O) groups is 2. The highest BCUT2D eigenvalue weighted by Gasteiger charge is 2.30. The molecule has 1 aromatic carbocycles. The molecule has 1 fully saturated rings. The SMILES string of the molecule is COc1ccc(C(=O)N(C)CC(=O)NCc2ccco2)cc1S(=O)(=O)NC1CC1. The van der Waals surface area contributed by atoms with Crippen LogP contribution in [0.3, 0.4) is 0 Å². The molecule has 0 saturated heterocycles. The van der Waals surface area contributed by atoms with Gasteiger partial charge in [-0.3, -0.25) is 9.59 Å². The lowest BCUT2D eigenvalue weighted by atomic mass is 10.2. The van der Waals surface area contributed by atoms with Gasteiger partial charge in [0, 0.05) is 18.7 Å². The van der Waals surface area contributed by atoms with Crippen molar-refractivity contribution >= 4 is 21.8 Å². The number of benzene rings is 1. The number of methoxy groups -OCH3 is 1. The fourth-order valence-electron chi connectivity index (χ4n) is 2.67. The number of rotatable bonds is 9. The summed E-state index contributed by atoms with van der Waals surface area (Å²) in [7, 11) is -0.982. The van der Waals surface area contributed by atoms with Crippen molar-refractivity contribution < 1.29 is 27.2 Å². The molecule has 1 saturated carbocycles. The van der Waals surface area contributed by atoms with Crippen molar-refractivity contribution in [3.8, 4) is 5.75 Å². The van der Waals surface area contributed by atoms with Crippen molar-refractivity contribution in [1.29, 1.82) is 0 Å². The van der Waals surface area contributed by atoms with E-state index in [1.807, 2.05) is 0 Å². The van der Waals surface area contributed by atoms with Crippen molar-refractivity contribution in [1.82, 2.24) is 14.9 Å². The molecular weight excluding hydrogens is 398 g/mol. The molecule has 0 radical (unpaired) electrons. The molecule has 0 unspecified atom stereocenters. The number of ether oxygens (including phenoxy) is 1. The van der Waals surface area contributed by atoms with Gasteiger partial charge in [-0.15, -0.1) is 0 Å². The van der Waals surface area contributed by atoms with E-state index in [0.717, 1.165) is 12.8 Å². The smallest absolute Gasteiger partial charge is 0.254 e. The van der Waals surface area contributed by atoms with Crippen molar-refractivity contribution in [2.24, 2.45) is 0 Å². The first-order valence-corrected chi connectivity index (χ1v) is 10.5. The van der Waals surface area contributed by atoms with E-state index in [1.54, 1.807) is 12.1 Å². The first-order valence-electron chi connectivity index (χ1n) is 9.05. The van der Waals surface area contributed by atoms with Crippen LogP contribution in [0.2, 0.25) is 0 Å². The summed E-state index contributed by atoms with van der Waals surface area (Å²) in [5.74, 6) is -0.105. The second kappa shape index (κ2) is 8.66. The van der Waals surface area contributed by atoms with Crippen LogP contribution in [0.5, 0.6) is 5.75 Å². The number of carbonyl (C=O) groups excluding carboxylic acids is 2. The van der Waals surface area contributed by atoms with Gasteiger partial charge in [0.2, 0.25) is 15.9 Å². The molecule has 0 spiro atoms. The average molecular weight is 421 g/mol. The molecule has 1 aromatic heterocycles. The second-order valence-electron chi connectivity index (χ2n) is 6.78. The highest BCUT2D eigenvalue weighted by Crippen LogP contribution is 2.28. The predicted octanol–water partition coefficient (Wildman–Crippen LogP) is 1.12. The van der Waals surface area contributed by atoms with Crippen LogP contribution in [0, 0.1) is 0 Å². The second-order valence-corrected chi connectivity index (χ2v) is 8.46. The predicted molar refractivity (Wildman–Crippen MR) is 104 cm³/mol. The van der Waals surface area contributed by atoms with Gasteiger partial charge in [-0.1, -0.05) is 0 Å². The largest absolute Gasteiger partial charge is 0.495 e. The molecule has 156 valence electrons. The number of hydrogen-bond donors (Lipinski definition) is 2. The first kappa shape index (κ1) is 20.9. The van der Waals surface area contributed by atoms with Crippen LogP contribution in [0.1, 0.15) is 29.0 Å². The van der Waals surface area contributed by atoms with Gasteiger partial charge in [0.1, 0.15) is 16.4 Å². The van der Waals surface area contributed by atoms with E-state index < -0.39 is 15.9 Å². The van der Waals surface area contributed by atoms with Crippen molar-refractivity contribution in [3.05, 3.63) is 47.9 Å². The van der Waals surface area contributed by atoms with E-state index in [2.05, 4.69) is 10.0 Å². The van der Waals surface area contributed by atoms with Gasteiger partial charge in [0.25, 0.3) is 5.91 Å². The maximum Gasteiger partial charge on any atom is 0.254 e. The van der Waals surface area contributed by atoms with Crippen LogP contribution in [0.15, 0.2) is 45.9 Å². The summed E-state index contributed by atoms with van der Waals surface area (Å²) in [6, 6.07) is 7.52. The molecule has 1 heterocycles. The minimum atomic E-state index is -3.81. The van der Waals surface area contributed by atoms with Gasteiger partial charge < -0.3 is 19.4 Å². The zero-order chi connectivity index (χ0) is 21.0. The summed E-state index contributed by atoms with van der Waals surface area (Å²) in [5.41, 5.74) is 0.142. The quantitative estimate of drug-likeness (QED) is 0.626. The lowest BCUT2D eigenvalue weighted by molar-refractivity contribution is -0.121. The number of furan rings is 1. The minimum Gasteiger partial charge on any atom is -0.495 e. The first-order chi connectivity index (χ1) is 13.8. The number of sulfonamides is 1. The Labute approximate surface area is 169 Å². The van der Waals surface area contributed by atoms with E-state index in [1.165, 1.54) is 43.5 Å². The molecule has 9 nitrogen and oxygen atoms in total. The molecule has 2 amide bonds. The lowest BCUT2D eigenvalue weighted by Crippen LogP contribution is -2.38. The Morgan fingerprint density at radius 2 is 2.03 bits per heavy atom. The van der Waals surface area contributed by atoms with Gasteiger partial charge in [0.15, 0.2) is 0 Å². The van der Waals surface area contributed by atoms with Crippen LogP contribution in [-0.4, -0.2) is 51.9 Å². The van der Waals surface area contributed by atoms with Gasteiger partial charge in [0.05, 0.1) is 26.5 Å². The Hall–Kier alpha value is -2.85. The van der Waals surface area contributed by atoms with E-state index >= 15 is 0 Å². The fraction of sp³-hybridized carbons (Fsp3) is 0.368. The Balaban J connectivity index is 1.69. The summed E-state index contributed by atoms with van der Waals surface area (Å²) < 4.78 is 38.0. The molecular formula is C19H23N3O6S. The molecule has 1 aliphatic rings. The standard InChI is InChI=1S/C19H23N3O6S/c1-22(12-18(23)20-11-15-4-3-9-28-15)19(24)13-5-8-16(27-2)17(10-13)29(25,26)21-14-6-7-14/h3-5,8-10,14,21H,6-7,11-12H2,1-2H3,(H,20,23). The summed E-state index contributed by atoms with van der Waals surface area (Å²) in [4.78, 5) is 25.9. The average Bonchev–Trinajstić information content (AvgIpc) is 3.34. The van der Waals surface area contributed by atoms with E-state index in [-0.39, 0.29) is 41.2 Å². The number of amides is 2. The van der Waals surface area contributed by atoms with Crippen molar-refractivity contribution in [3.63, 3.8) is 0 Å². The molecule has 1 aliphatic carbocycles. The van der Waals surface area contributed by atoms with Crippen molar-refractivity contribution in [2.75, 3.05) is 20.7 Å². The summed E-state index contributed by atoms with van der Waals surface area (Å²) >= 11 is 0. The topological polar surface area (TPSA) is 118 Å². The maximum absolute atomic E-state index is 12.7. The van der Waals surface area contributed by atoms with Gasteiger partial charge in [-0.25, -0.2) is 13.1 Å². The van der Waals surface area contributed by atoms with Crippen LogP contribution in [-0.2, 0) is 21.4 Å². The Kier molecular flexibility index (Phi) is 6.23. The van der Waals surface area contributed by atoms with E-state index in [4.69, 9.17) is 9.15 Å². The van der Waals surface area contributed by atoms with Gasteiger partial charge in [-0.05, 0) is 43.2 Å². The number of hydrogen-bond acceptors (Lipinski definition) is 6. The highest BCUT2D eigenvalue weighted by atomic mass is 32.2. The highest BCUT2D eigenvalue weighted by molar-refractivity contribution is 7.89. The summed E-state index contributed by atoms with van der Waals surface area (Å²) in [6.07, 6.45) is 3.08. The van der Waals surface area contributed by atoms with Crippen LogP contribution >= 0.6 is 0 Å². The normalized spacial score (nSPS) is 13.7. The van der Waals surface area contributed by atoms with Gasteiger partial charge >= 0.3 is 0 Å². The molecule has 2 N–H and O–H groups in total. The monoisotopic (exact) mass is 421 g/mol. The molecule has 10 heteroatoms. The molecule has 0 atom stereocenters.